The molecule has 0 aliphatic carbocycles. The van der Waals surface area contributed by atoms with Crippen molar-refractivity contribution in [2.75, 3.05) is 32.8 Å². The largest absolute Gasteiger partial charge is 0.377 e. The van der Waals surface area contributed by atoms with Crippen LogP contribution in [0.3, 0.4) is 0 Å². The van der Waals surface area contributed by atoms with Gasteiger partial charge in [-0.15, -0.1) is 0 Å². The lowest BCUT2D eigenvalue weighted by Gasteiger charge is -2.37. The van der Waals surface area contributed by atoms with Crippen LogP contribution in [0.5, 0.6) is 0 Å². The number of carbonyl (C=O) groups excluding carboxylic acids is 1. The number of likely N-dealkylation sites (tertiary alicyclic amines) is 2. The van der Waals surface area contributed by atoms with Gasteiger partial charge in [0.15, 0.2) is 0 Å². The zero-order valence-electron chi connectivity index (χ0n) is 13.1. The molecule has 0 aromatic carbocycles. The normalized spacial score (nSPS) is 27.1. The molecule has 0 N–H and O–H groups in total. The topological polar surface area (TPSA) is 32.8 Å². The maximum Gasteiger partial charge on any atom is 0.239 e. The molecule has 0 aromatic heterocycles. The van der Waals surface area contributed by atoms with Crippen LogP contribution >= 0.6 is 0 Å². The fourth-order valence-electron chi connectivity index (χ4n) is 3.40. The highest BCUT2D eigenvalue weighted by Gasteiger charge is 2.30. The summed E-state index contributed by atoms with van der Waals surface area (Å²) in [5.74, 6) is 0.323. The number of piperidine rings is 1. The summed E-state index contributed by atoms with van der Waals surface area (Å²) in [6.07, 6.45) is 7.47. The molecule has 20 heavy (non-hydrogen) atoms. The summed E-state index contributed by atoms with van der Waals surface area (Å²) in [5, 5.41) is 0. The van der Waals surface area contributed by atoms with Crippen molar-refractivity contribution < 1.29 is 9.53 Å². The average molecular weight is 282 g/mol. The first-order valence-electron chi connectivity index (χ1n) is 8.36. The molecule has 2 atom stereocenters. The van der Waals surface area contributed by atoms with Crippen LogP contribution in [-0.2, 0) is 9.53 Å². The second-order valence-corrected chi connectivity index (χ2v) is 6.13. The van der Waals surface area contributed by atoms with E-state index in [9.17, 15) is 4.79 Å². The van der Waals surface area contributed by atoms with Gasteiger partial charge >= 0.3 is 0 Å². The van der Waals surface area contributed by atoms with Crippen molar-refractivity contribution in [2.45, 2.75) is 64.5 Å². The van der Waals surface area contributed by atoms with Gasteiger partial charge in [-0.3, -0.25) is 9.69 Å². The fraction of sp³-hybridized carbons (Fsp3) is 0.938. The Bertz CT molecular complexity index is 299. The SMILES string of the molecule is CCOC1CCCN(C(C)C(=O)N2CCCCCC2)C1. The van der Waals surface area contributed by atoms with E-state index in [0.717, 1.165) is 45.6 Å². The Balaban J connectivity index is 1.88. The van der Waals surface area contributed by atoms with E-state index < -0.39 is 0 Å². The molecule has 2 aliphatic heterocycles. The Labute approximate surface area is 123 Å². The Morgan fingerprint density at radius 1 is 1.15 bits per heavy atom. The quantitative estimate of drug-likeness (QED) is 0.793. The lowest BCUT2D eigenvalue weighted by atomic mass is 10.1. The summed E-state index contributed by atoms with van der Waals surface area (Å²) in [5.41, 5.74) is 0. The Hall–Kier alpha value is -0.610. The van der Waals surface area contributed by atoms with Gasteiger partial charge in [0, 0.05) is 26.2 Å². The lowest BCUT2D eigenvalue weighted by Crippen LogP contribution is -2.52. The summed E-state index contributed by atoms with van der Waals surface area (Å²) in [7, 11) is 0. The smallest absolute Gasteiger partial charge is 0.239 e. The number of carbonyl (C=O) groups is 1. The third-order valence-electron chi connectivity index (χ3n) is 4.63. The molecule has 0 bridgehead atoms. The van der Waals surface area contributed by atoms with Crippen LogP contribution in [0.4, 0.5) is 0 Å². The molecule has 4 nitrogen and oxygen atoms in total. The van der Waals surface area contributed by atoms with Gasteiger partial charge in [0.2, 0.25) is 5.91 Å². The van der Waals surface area contributed by atoms with Crippen molar-refractivity contribution in [3.63, 3.8) is 0 Å². The number of hydrogen-bond acceptors (Lipinski definition) is 3. The maximum absolute atomic E-state index is 12.7. The Morgan fingerprint density at radius 2 is 1.85 bits per heavy atom. The number of amides is 1. The van der Waals surface area contributed by atoms with E-state index >= 15 is 0 Å². The second-order valence-electron chi connectivity index (χ2n) is 6.13. The van der Waals surface area contributed by atoms with Crippen molar-refractivity contribution in [3.8, 4) is 0 Å². The highest BCUT2D eigenvalue weighted by Crippen LogP contribution is 2.18. The molecule has 2 rings (SSSR count). The highest BCUT2D eigenvalue weighted by molar-refractivity contribution is 5.81. The van der Waals surface area contributed by atoms with Crippen molar-refractivity contribution in [1.29, 1.82) is 0 Å². The first-order chi connectivity index (χ1) is 9.72. The van der Waals surface area contributed by atoms with E-state index in [1.165, 1.54) is 25.7 Å². The number of nitrogens with zero attached hydrogens (tertiary/aromatic N) is 2. The van der Waals surface area contributed by atoms with Crippen molar-refractivity contribution >= 4 is 5.91 Å². The molecular formula is C16H30N2O2. The molecule has 2 heterocycles. The first-order valence-corrected chi connectivity index (χ1v) is 8.36. The van der Waals surface area contributed by atoms with Gasteiger partial charge in [0.25, 0.3) is 0 Å². The van der Waals surface area contributed by atoms with Crippen LogP contribution < -0.4 is 0 Å². The second kappa shape index (κ2) is 7.99. The van der Waals surface area contributed by atoms with Crippen LogP contribution in [0.15, 0.2) is 0 Å². The molecule has 2 unspecified atom stereocenters. The molecular weight excluding hydrogens is 252 g/mol. The zero-order chi connectivity index (χ0) is 14.4. The minimum Gasteiger partial charge on any atom is -0.377 e. The molecule has 116 valence electrons. The van der Waals surface area contributed by atoms with Crippen LogP contribution in [0.2, 0.25) is 0 Å². The highest BCUT2D eigenvalue weighted by atomic mass is 16.5. The minimum absolute atomic E-state index is 0.0105. The van der Waals surface area contributed by atoms with Gasteiger partial charge in [-0.25, -0.2) is 0 Å². The molecule has 0 radical (unpaired) electrons. The van der Waals surface area contributed by atoms with Gasteiger partial charge in [-0.1, -0.05) is 12.8 Å². The summed E-state index contributed by atoms with van der Waals surface area (Å²) in [4.78, 5) is 17.1. The predicted molar refractivity (Wildman–Crippen MR) is 80.7 cm³/mol. The Kier molecular flexibility index (Phi) is 6.30. The molecule has 0 saturated carbocycles. The number of ether oxygens (including phenoxy) is 1. The van der Waals surface area contributed by atoms with E-state index in [4.69, 9.17) is 4.74 Å². The number of hydrogen-bond donors (Lipinski definition) is 0. The third-order valence-corrected chi connectivity index (χ3v) is 4.63. The van der Waals surface area contributed by atoms with E-state index in [-0.39, 0.29) is 6.04 Å². The van der Waals surface area contributed by atoms with Gasteiger partial charge in [-0.2, -0.15) is 0 Å². The predicted octanol–water partition coefficient (Wildman–Crippen LogP) is 2.28. The summed E-state index contributed by atoms with van der Waals surface area (Å²) >= 11 is 0. The standard InChI is InChI=1S/C16H30N2O2/c1-3-20-15-9-8-12-18(13-15)14(2)16(19)17-10-6-4-5-7-11-17/h14-15H,3-13H2,1-2H3. The fourth-order valence-corrected chi connectivity index (χ4v) is 3.40. The lowest BCUT2D eigenvalue weighted by molar-refractivity contribution is -0.137. The molecule has 2 saturated heterocycles. The van der Waals surface area contributed by atoms with Crippen LogP contribution in [0.1, 0.15) is 52.4 Å². The van der Waals surface area contributed by atoms with Crippen molar-refractivity contribution in [1.82, 2.24) is 9.80 Å². The molecule has 4 heteroatoms. The van der Waals surface area contributed by atoms with Crippen LogP contribution in [-0.4, -0.2) is 60.6 Å². The first kappa shape index (κ1) is 15.8. The average Bonchev–Trinajstić information content (AvgIpc) is 2.75. The summed E-state index contributed by atoms with van der Waals surface area (Å²) in [6, 6.07) is 0.0105. The van der Waals surface area contributed by atoms with Gasteiger partial charge < -0.3 is 9.64 Å². The maximum atomic E-state index is 12.7. The van der Waals surface area contributed by atoms with Gasteiger partial charge in [0.1, 0.15) is 0 Å². The van der Waals surface area contributed by atoms with E-state index in [1.54, 1.807) is 0 Å². The van der Waals surface area contributed by atoms with Crippen LogP contribution in [0, 0.1) is 0 Å². The third kappa shape index (κ3) is 4.19. The van der Waals surface area contributed by atoms with E-state index in [0.29, 0.717) is 12.0 Å². The van der Waals surface area contributed by atoms with Gasteiger partial charge in [-0.05, 0) is 46.1 Å². The monoisotopic (exact) mass is 282 g/mol. The van der Waals surface area contributed by atoms with Crippen molar-refractivity contribution in [3.05, 3.63) is 0 Å². The number of rotatable bonds is 4. The minimum atomic E-state index is 0.0105. The van der Waals surface area contributed by atoms with E-state index in [1.807, 2.05) is 6.92 Å². The Morgan fingerprint density at radius 3 is 2.50 bits per heavy atom. The van der Waals surface area contributed by atoms with Crippen molar-refractivity contribution in [2.24, 2.45) is 0 Å². The summed E-state index contributed by atoms with van der Waals surface area (Å²) in [6.45, 7) is 8.73. The molecule has 0 aromatic rings. The molecule has 2 fully saturated rings. The van der Waals surface area contributed by atoms with Crippen LogP contribution in [0.25, 0.3) is 0 Å². The summed E-state index contributed by atoms with van der Waals surface area (Å²) < 4.78 is 5.74. The molecule has 1 amide bonds. The zero-order valence-corrected chi connectivity index (χ0v) is 13.1. The molecule has 2 aliphatic rings. The van der Waals surface area contributed by atoms with Gasteiger partial charge in [0.05, 0.1) is 12.1 Å². The van der Waals surface area contributed by atoms with E-state index in [2.05, 4.69) is 16.7 Å². The molecule has 0 spiro atoms.